The maximum atomic E-state index is 4.75. The van der Waals surface area contributed by atoms with E-state index in [1.807, 2.05) is 6.92 Å². The van der Waals surface area contributed by atoms with Crippen LogP contribution < -0.4 is 5.32 Å². The lowest BCUT2D eigenvalue weighted by atomic mass is 10.1. The van der Waals surface area contributed by atoms with E-state index >= 15 is 0 Å². The van der Waals surface area contributed by atoms with Gasteiger partial charge in [0.2, 0.25) is 0 Å². The van der Waals surface area contributed by atoms with Gasteiger partial charge in [0.25, 0.3) is 0 Å². The zero-order chi connectivity index (χ0) is 15.0. The van der Waals surface area contributed by atoms with E-state index in [0.717, 1.165) is 26.6 Å². The largest absolute Gasteiger partial charge is 0.306 e. The summed E-state index contributed by atoms with van der Waals surface area (Å²) in [6.07, 6.45) is 2.09. The molecule has 0 aromatic carbocycles. The molecule has 3 aromatic heterocycles. The molecule has 3 heterocycles. The minimum atomic E-state index is 0.0832. The number of hydrogen-bond acceptors (Lipinski definition) is 6. The molecule has 3 aromatic rings. The summed E-state index contributed by atoms with van der Waals surface area (Å²) >= 11 is 5.00. The van der Waals surface area contributed by atoms with Gasteiger partial charge < -0.3 is 5.32 Å². The van der Waals surface area contributed by atoms with Crippen LogP contribution in [0.2, 0.25) is 0 Å². The molecule has 0 aliphatic rings. The molecule has 4 nitrogen and oxygen atoms in total. The van der Waals surface area contributed by atoms with E-state index in [1.54, 1.807) is 34.4 Å². The lowest BCUT2D eigenvalue weighted by Crippen LogP contribution is -2.35. The first-order valence-corrected chi connectivity index (χ1v) is 9.29. The molecule has 3 rings (SSSR count). The van der Waals surface area contributed by atoms with E-state index < -0.39 is 0 Å². The van der Waals surface area contributed by atoms with Crippen molar-refractivity contribution in [2.75, 3.05) is 0 Å². The monoisotopic (exact) mass is 338 g/mol. The molecule has 0 bridgehead atoms. The summed E-state index contributed by atoms with van der Waals surface area (Å²) in [7, 11) is 0. The third-order valence-corrected chi connectivity index (χ3v) is 5.73. The van der Waals surface area contributed by atoms with Crippen molar-refractivity contribution in [1.29, 1.82) is 0 Å². The number of hydrogen-bond donors (Lipinski definition) is 1. The molecule has 7 heteroatoms. The highest BCUT2D eigenvalue weighted by atomic mass is 32.2. The van der Waals surface area contributed by atoms with Gasteiger partial charge in [-0.25, -0.2) is 9.97 Å². The first kappa shape index (κ1) is 15.0. The molecule has 0 aliphatic heterocycles. The number of thiazole rings is 2. The number of aryl methyl sites for hydroxylation is 1. The van der Waals surface area contributed by atoms with Crippen LogP contribution in [0.5, 0.6) is 0 Å². The van der Waals surface area contributed by atoms with Gasteiger partial charge in [0.05, 0.1) is 5.69 Å². The normalized spacial score (nSPS) is 12.4. The summed E-state index contributed by atoms with van der Waals surface area (Å²) in [5.41, 5.74) is 2.36. The topological polar surface area (TPSA) is 42.2 Å². The zero-order valence-corrected chi connectivity index (χ0v) is 15.0. The summed E-state index contributed by atoms with van der Waals surface area (Å²) in [6, 6.07) is 0. The number of rotatable bonds is 4. The standard InChI is InChI=1S/C14H18N4S3/c1-9-8-20-13(16-9)21-11-10(7-15-14(2,3)4)18-5-6-19-12(18)17-11/h5-6,8,15H,7H2,1-4H3. The molecule has 0 spiro atoms. The molecule has 0 atom stereocenters. The van der Waals surface area contributed by atoms with Crippen LogP contribution in [0.15, 0.2) is 26.3 Å². The van der Waals surface area contributed by atoms with E-state index in [2.05, 4.69) is 52.4 Å². The first-order valence-electron chi connectivity index (χ1n) is 6.72. The Labute approximate surface area is 136 Å². The van der Waals surface area contributed by atoms with Crippen molar-refractivity contribution >= 4 is 39.4 Å². The second-order valence-electron chi connectivity index (χ2n) is 5.88. The fourth-order valence-electron chi connectivity index (χ4n) is 1.87. The minimum Gasteiger partial charge on any atom is -0.306 e. The highest BCUT2D eigenvalue weighted by Crippen LogP contribution is 2.33. The molecule has 1 N–H and O–H groups in total. The molecule has 112 valence electrons. The second kappa shape index (κ2) is 5.72. The van der Waals surface area contributed by atoms with Crippen LogP contribution >= 0.6 is 34.4 Å². The predicted molar refractivity (Wildman–Crippen MR) is 90.6 cm³/mol. The Morgan fingerprint density at radius 2 is 2.10 bits per heavy atom. The molecule has 0 fully saturated rings. The number of nitrogens with one attached hydrogen (secondary N) is 1. The van der Waals surface area contributed by atoms with Crippen LogP contribution in [0.25, 0.3) is 4.96 Å². The predicted octanol–water partition coefficient (Wildman–Crippen LogP) is 4.20. The SMILES string of the molecule is Cc1csc(Sc2nc3sccn3c2CNC(C)(C)C)n1. The van der Waals surface area contributed by atoms with E-state index in [4.69, 9.17) is 4.98 Å². The number of fused-ring (bicyclic) bond motifs is 1. The van der Waals surface area contributed by atoms with Gasteiger partial charge in [-0.2, -0.15) is 0 Å². The van der Waals surface area contributed by atoms with Gasteiger partial charge in [-0.1, -0.05) is 0 Å². The Hall–Kier alpha value is -0.890. The average Bonchev–Trinajstić information content (AvgIpc) is 3.03. The molecular formula is C14H18N4S3. The molecule has 0 saturated heterocycles. The molecular weight excluding hydrogens is 320 g/mol. The van der Waals surface area contributed by atoms with Crippen molar-refractivity contribution in [2.45, 2.75) is 49.1 Å². The second-order valence-corrected chi connectivity index (χ2v) is 8.85. The first-order chi connectivity index (χ1) is 9.92. The van der Waals surface area contributed by atoms with E-state index in [9.17, 15) is 0 Å². The van der Waals surface area contributed by atoms with Crippen molar-refractivity contribution in [3.63, 3.8) is 0 Å². The molecule has 0 amide bonds. The highest BCUT2D eigenvalue weighted by Gasteiger charge is 2.18. The quantitative estimate of drug-likeness (QED) is 0.774. The highest BCUT2D eigenvalue weighted by molar-refractivity contribution is 8.01. The number of nitrogens with zero attached hydrogens (tertiary/aromatic N) is 3. The fraction of sp³-hybridized carbons (Fsp3) is 0.429. The van der Waals surface area contributed by atoms with Crippen LogP contribution in [0.4, 0.5) is 0 Å². The van der Waals surface area contributed by atoms with Crippen LogP contribution in [-0.2, 0) is 6.54 Å². The lowest BCUT2D eigenvalue weighted by molar-refractivity contribution is 0.418. The lowest BCUT2D eigenvalue weighted by Gasteiger charge is -2.20. The van der Waals surface area contributed by atoms with Gasteiger partial charge in [0.15, 0.2) is 9.30 Å². The fourth-order valence-corrected chi connectivity index (χ4v) is 4.53. The summed E-state index contributed by atoms with van der Waals surface area (Å²) < 4.78 is 3.22. The van der Waals surface area contributed by atoms with Crippen LogP contribution in [0.1, 0.15) is 32.2 Å². The Morgan fingerprint density at radius 1 is 1.29 bits per heavy atom. The Balaban J connectivity index is 1.91. The Morgan fingerprint density at radius 3 is 2.76 bits per heavy atom. The summed E-state index contributed by atoms with van der Waals surface area (Å²) in [4.78, 5) is 10.3. The average molecular weight is 339 g/mol. The third-order valence-electron chi connectivity index (χ3n) is 2.89. The minimum absolute atomic E-state index is 0.0832. The summed E-state index contributed by atoms with van der Waals surface area (Å²) in [5.74, 6) is 0. The van der Waals surface area contributed by atoms with Crippen LogP contribution in [-0.4, -0.2) is 19.9 Å². The Bertz CT molecular complexity index is 748. The van der Waals surface area contributed by atoms with Crippen LogP contribution in [0.3, 0.4) is 0 Å². The summed E-state index contributed by atoms with van der Waals surface area (Å²) in [5, 5.41) is 8.75. The van der Waals surface area contributed by atoms with Crippen molar-refractivity contribution in [2.24, 2.45) is 0 Å². The maximum absolute atomic E-state index is 4.75. The zero-order valence-electron chi connectivity index (χ0n) is 12.5. The maximum Gasteiger partial charge on any atom is 0.194 e. The molecule has 0 radical (unpaired) electrons. The van der Waals surface area contributed by atoms with Gasteiger partial charge in [-0.3, -0.25) is 4.40 Å². The van der Waals surface area contributed by atoms with Gasteiger partial charge in [0.1, 0.15) is 5.03 Å². The van der Waals surface area contributed by atoms with Gasteiger partial charge >= 0.3 is 0 Å². The van der Waals surface area contributed by atoms with E-state index in [0.29, 0.717) is 0 Å². The van der Waals surface area contributed by atoms with Gasteiger partial charge in [0, 0.05) is 34.7 Å². The Kier molecular flexibility index (Phi) is 4.09. The molecule has 21 heavy (non-hydrogen) atoms. The van der Waals surface area contributed by atoms with Crippen molar-refractivity contribution in [3.8, 4) is 0 Å². The van der Waals surface area contributed by atoms with E-state index in [-0.39, 0.29) is 5.54 Å². The van der Waals surface area contributed by atoms with Gasteiger partial charge in [-0.15, -0.1) is 22.7 Å². The molecule has 0 saturated carbocycles. The van der Waals surface area contributed by atoms with Crippen LogP contribution in [0, 0.1) is 6.92 Å². The number of imidazole rings is 1. The molecule has 0 unspecified atom stereocenters. The summed E-state index contributed by atoms with van der Waals surface area (Å²) in [6.45, 7) is 9.35. The smallest absolute Gasteiger partial charge is 0.194 e. The number of aromatic nitrogens is 3. The third kappa shape index (κ3) is 3.48. The van der Waals surface area contributed by atoms with Crippen molar-refractivity contribution in [3.05, 3.63) is 28.3 Å². The molecule has 0 aliphatic carbocycles. The van der Waals surface area contributed by atoms with Gasteiger partial charge in [-0.05, 0) is 39.5 Å². The van der Waals surface area contributed by atoms with Crippen molar-refractivity contribution in [1.82, 2.24) is 19.7 Å². The van der Waals surface area contributed by atoms with Crippen molar-refractivity contribution < 1.29 is 0 Å². The van der Waals surface area contributed by atoms with E-state index in [1.165, 1.54) is 5.69 Å².